The van der Waals surface area contributed by atoms with Gasteiger partial charge in [0.15, 0.2) is 0 Å². The number of amides is 1. The van der Waals surface area contributed by atoms with Gasteiger partial charge < -0.3 is 19.4 Å². The fraction of sp³-hybridized carbons (Fsp3) is 0.926. The van der Waals surface area contributed by atoms with Gasteiger partial charge in [0.2, 0.25) is 5.91 Å². The molecular formula is C54H108N2O7P+. The van der Waals surface area contributed by atoms with Crippen molar-refractivity contribution in [3.05, 3.63) is 12.2 Å². The second kappa shape index (κ2) is 45.5. The molecule has 0 aliphatic rings. The molecule has 0 bridgehead atoms. The van der Waals surface area contributed by atoms with Crippen LogP contribution >= 0.6 is 7.82 Å². The number of hydrogen-bond donors (Lipinski definition) is 2. The summed E-state index contributed by atoms with van der Waals surface area (Å²) in [6, 6.07) is -0.837. The largest absolute Gasteiger partial charge is 0.472 e. The zero-order valence-electron chi connectivity index (χ0n) is 43.3. The van der Waals surface area contributed by atoms with Crippen LogP contribution in [0.5, 0.6) is 0 Å². The lowest BCUT2D eigenvalue weighted by atomic mass is 10.0. The van der Waals surface area contributed by atoms with Crippen molar-refractivity contribution in [3.8, 4) is 0 Å². The predicted molar refractivity (Wildman–Crippen MR) is 273 cm³/mol. The van der Waals surface area contributed by atoms with E-state index in [2.05, 4.69) is 26.1 Å². The summed E-state index contributed by atoms with van der Waals surface area (Å²) in [6.45, 7) is 7.03. The summed E-state index contributed by atoms with van der Waals surface area (Å²) in [5.41, 5.74) is 0. The summed E-state index contributed by atoms with van der Waals surface area (Å²) in [5, 5.41) is 3.04. The molecular weight excluding hydrogens is 820 g/mol. The number of phosphoric acid groups is 1. The Kier molecular flexibility index (Phi) is 44.6. The van der Waals surface area contributed by atoms with Crippen molar-refractivity contribution < 1.29 is 37.3 Å². The first-order valence-corrected chi connectivity index (χ1v) is 29.0. The molecule has 10 heteroatoms. The summed E-state index contributed by atoms with van der Waals surface area (Å²) in [4.78, 5) is 37.4. The second-order valence-electron chi connectivity index (χ2n) is 20.1. The minimum absolute atomic E-state index is 0.0453. The maximum atomic E-state index is 13.4. The highest BCUT2D eigenvalue weighted by Gasteiger charge is 2.30. The van der Waals surface area contributed by atoms with Crippen LogP contribution < -0.4 is 5.32 Å². The van der Waals surface area contributed by atoms with Gasteiger partial charge in [-0.1, -0.05) is 239 Å². The zero-order valence-corrected chi connectivity index (χ0v) is 44.2. The molecule has 1 amide bonds. The number of phosphoric ester groups is 1. The normalized spacial score (nSPS) is 13.9. The topological polar surface area (TPSA) is 111 Å². The fourth-order valence-electron chi connectivity index (χ4n) is 8.18. The molecule has 0 fully saturated rings. The van der Waals surface area contributed by atoms with Crippen LogP contribution in [0.1, 0.15) is 271 Å². The van der Waals surface area contributed by atoms with Crippen LogP contribution in [0.15, 0.2) is 12.2 Å². The standard InChI is InChI=1S/C54H107N2O7P/c1-7-10-13-16-19-22-25-27-29-32-35-38-41-44-47-54(58)63-52(45-42-39-36-33-31-28-26-23-20-17-14-11-8-2)51(50-62-64(59,60)61-49-48-56(4,5)6)55-53(57)46-43-40-37-34-30-24-21-18-15-12-9-3/h42,45,51-52H,7-41,43-44,46-50H2,1-6H3,(H-,55,57,59,60)/p+1/b45-42+. The molecule has 2 N–H and O–H groups in total. The predicted octanol–water partition coefficient (Wildman–Crippen LogP) is 16.1. The van der Waals surface area contributed by atoms with Gasteiger partial charge in [-0.25, -0.2) is 4.57 Å². The molecule has 380 valence electrons. The van der Waals surface area contributed by atoms with Gasteiger partial charge in [-0.05, 0) is 31.8 Å². The molecule has 64 heavy (non-hydrogen) atoms. The van der Waals surface area contributed by atoms with Gasteiger partial charge in [-0.2, -0.15) is 0 Å². The Balaban J connectivity index is 5.37. The van der Waals surface area contributed by atoms with Crippen LogP contribution in [0.4, 0.5) is 0 Å². The molecule has 3 atom stereocenters. The van der Waals surface area contributed by atoms with E-state index in [0.717, 1.165) is 57.8 Å². The summed E-state index contributed by atoms with van der Waals surface area (Å²) < 4.78 is 30.5. The third-order valence-electron chi connectivity index (χ3n) is 12.5. The average molecular weight is 928 g/mol. The highest BCUT2D eigenvalue weighted by Crippen LogP contribution is 2.43. The van der Waals surface area contributed by atoms with Crippen molar-refractivity contribution in [2.45, 2.75) is 283 Å². The van der Waals surface area contributed by atoms with Gasteiger partial charge in [0.1, 0.15) is 19.3 Å². The van der Waals surface area contributed by atoms with Crippen LogP contribution in [0.2, 0.25) is 0 Å². The zero-order chi connectivity index (χ0) is 47.3. The first-order chi connectivity index (χ1) is 30.9. The van der Waals surface area contributed by atoms with Gasteiger partial charge in [0, 0.05) is 12.8 Å². The van der Waals surface area contributed by atoms with Crippen LogP contribution in [0.25, 0.3) is 0 Å². The Bertz CT molecular complexity index is 1110. The van der Waals surface area contributed by atoms with E-state index in [4.69, 9.17) is 13.8 Å². The molecule has 0 rings (SSSR count). The van der Waals surface area contributed by atoms with Gasteiger partial charge in [0.25, 0.3) is 0 Å². The molecule has 0 saturated carbocycles. The molecule has 0 radical (unpaired) electrons. The molecule has 0 aliphatic carbocycles. The third-order valence-corrected chi connectivity index (χ3v) is 13.5. The number of ether oxygens (including phenoxy) is 1. The van der Waals surface area contributed by atoms with Crippen molar-refractivity contribution in [1.82, 2.24) is 5.32 Å². The van der Waals surface area contributed by atoms with Crippen LogP contribution in [-0.2, 0) is 27.9 Å². The van der Waals surface area contributed by atoms with E-state index in [1.54, 1.807) is 0 Å². The lowest BCUT2D eigenvalue weighted by Crippen LogP contribution is -2.47. The number of hydrogen-bond acceptors (Lipinski definition) is 6. The fourth-order valence-corrected chi connectivity index (χ4v) is 8.91. The van der Waals surface area contributed by atoms with E-state index in [1.807, 2.05) is 33.3 Å². The number of carbonyl (C=O) groups is 2. The Hall–Kier alpha value is -1.25. The van der Waals surface area contributed by atoms with E-state index in [-0.39, 0.29) is 25.1 Å². The number of rotatable bonds is 50. The monoisotopic (exact) mass is 928 g/mol. The van der Waals surface area contributed by atoms with Crippen molar-refractivity contribution in [1.29, 1.82) is 0 Å². The van der Waals surface area contributed by atoms with Crippen LogP contribution in [0.3, 0.4) is 0 Å². The minimum Gasteiger partial charge on any atom is -0.456 e. The number of allylic oxidation sites excluding steroid dienone is 1. The molecule has 0 spiro atoms. The molecule has 0 saturated heterocycles. The van der Waals surface area contributed by atoms with Gasteiger partial charge in [0.05, 0.1) is 33.8 Å². The highest BCUT2D eigenvalue weighted by atomic mass is 31.2. The number of carbonyl (C=O) groups excluding carboxylic acids is 2. The van der Waals surface area contributed by atoms with E-state index < -0.39 is 20.0 Å². The van der Waals surface area contributed by atoms with Gasteiger partial charge in [-0.3, -0.25) is 18.6 Å². The molecule has 0 heterocycles. The molecule has 3 unspecified atom stereocenters. The number of quaternary nitrogens is 1. The maximum absolute atomic E-state index is 13.4. The minimum atomic E-state index is -4.43. The smallest absolute Gasteiger partial charge is 0.456 e. The summed E-state index contributed by atoms with van der Waals surface area (Å²) in [5.74, 6) is -0.491. The number of unbranched alkanes of at least 4 members (excludes halogenated alkanes) is 34. The maximum Gasteiger partial charge on any atom is 0.472 e. The van der Waals surface area contributed by atoms with Gasteiger partial charge in [-0.15, -0.1) is 0 Å². The molecule has 0 aliphatic heterocycles. The average Bonchev–Trinajstić information content (AvgIpc) is 3.25. The number of nitrogens with zero attached hydrogens (tertiary/aromatic N) is 1. The van der Waals surface area contributed by atoms with E-state index in [0.29, 0.717) is 23.9 Å². The first kappa shape index (κ1) is 62.8. The summed E-state index contributed by atoms with van der Waals surface area (Å²) >= 11 is 0. The first-order valence-electron chi connectivity index (χ1n) is 27.5. The molecule has 9 nitrogen and oxygen atoms in total. The van der Waals surface area contributed by atoms with Crippen molar-refractivity contribution in [3.63, 3.8) is 0 Å². The van der Waals surface area contributed by atoms with Crippen molar-refractivity contribution in [2.75, 3.05) is 40.9 Å². The Morgan fingerprint density at radius 1 is 0.531 bits per heavy atom. The summed E-state index contributed by atoms with van der Waals surface area (Å²) in [6.07, 6.45) is 49.1. The molecule has 0 aromatic carbocycles. The quantitative estimate of drug-likeness (QED) is 0.0205. The molecule has 0 aromatic rings. The lowest BCUT2D eigenvalue weighted by Gasteiger charge is -2.27. The number of nitrogens with one attached hydrogen (secondary N) is 1. The van der Waals surface area contributed by atoms with Crippen molar-refractivity contribution in [2.24, 2.45) is 0 Å². The highest BCUT2D eigenvalue weighted by molar-refractivity contribution is 7.47. The van der Waals surface area contributed by atoms with Crippen LogP contribution in [-0.4, -0.2) is 74.3 Å². The van der Waals surface area contributed by atoms with E-state index >= 15 is 0 Å². The Labute approximate surface area is 397 Å². The third kappa shape index (κ3) is 45.9. The number of esters is 1. The van der Waals surface area contributed by atoms with E-state index in [9.17, 15) is 19.0 Å². The second-order valence-corrected chi connectivity index (χ2v) is 21.6. The molecule has 0 aromatic heterocycles. The Morgan fingerprint density at radius 3 is 1.28 bits per heavy atom. The van der Waals surface area contributed by atoms with Gasteiger partial charge >= 0.3 is 13.8 Å². The Morgan fingerprint density at radius 2 is 0.891 bits per heavy atom. The number of likely N-dealkylation sites (N-methyl/N-ethyl adjacent to an activating group) is 1. The van der Waals surface area contributed by atoms with E-state index in [1.165, 1.54) is 180 Å². The SMILES string of the molecule is CCCCCCCCCCCCC/C=C/C(OC(=O)CCCCCCCCCCCCCCCC)C(COP(=O)(O)OCC[N+](C)(C)C)NC(=O)CCCCCCCCCCCCC. The lowest BCUT2D eigenvalue weighted by molar-refractivity contribution is -0.870. The summed E-state index contributed by atoms with van der Waals surface area (Å²) in [7, 11) is 1.51. The van der Waals surface area contributed by atoms with Crippen molar-refractivity contribution >= 4 is 19.7 Å². The van der Waals surface area contributed by atoms with Crippen LogP contribution in [0, 0.1) is 0 Å².